The monoisotopic (exact) mass is 863 g/mol. The van der Waals surface area contributed by atoms with Crippen molar-refractivity contribution in [3.63, 3.8) is 0 Å². The van der Waals surface area contributed by atoms with Gasteiger partial charge in [0.2, 0.25) is 5.91 Å². The van der Waals surface area contributed by atoms with Crippen LogP contribution in [0.5, 0.6) is 0 Å². The van der Waals surface area contributed by atoms with Gasteiger partial charge in [0.05, 0.1) is 58.2 Å². The summed E-state index contributed by atoms with van der Waals surface area (Å²) in [6, 6.07) is 54.0. The molecule has 0 N–H and O–H groups in total. The van der Waals surface area contributed by atoms with Crippen molar-refractivity contribution in [2.24, 2.45) is 5.92 Å². The molecule has 10 heteroatoms. The Morgan fingerprint density at radius 1 is 0.578 bits per heavy atom. The van der Waals surface area contributed by atoms with Crippen LogP contribution < -0.4 is 4.90 Å². The molecule has 6 aromatic rings. The first-order chi connectivity index (χ1) is 31.4. The number of amides is 1. The number of carbonyl (C=O) groups is 2. The molecule has 6 aromatic carbocycles. The first kappa shape index (κ1) is 44.6. The maximum absolute atomic E-state index is 13.9. The summed E-state index contributed by atoms with van der Waals surface area (Å²) in [6.07, 6.45) is -1.76. The van der Waals surface area contributed by atoms with Gasteiger partial charge in [-0.15, -0.1) is 0 Å². The molecule has 0 radical (unpaired) electrons. The second-order valence-electron chi connectivity index (χ2n) is 16.3. The summed E-state index contributed by atoms with van der Waals surface area (Å²) >= 11 is 0. The lowest BCUT2D eigenvalue weighted by atomic mass is 9.78. The van der Waals surface area contributed by atoms with E-state index in [2.05, 4.69) is 12.1 Å². The van der Waals surface area contributed by atoms with Crippen LogP contribution in [0.4, 0.5) is 10.1 Å². The number of β-lactam (4-membered cyclic amide) rings is 1. The highest BCUT2D eigenvalue weighted by Gasteiger charge is 2.50. The lowest BCUT2D eigenvalue weighted by Gasteiger charge is -2.47. The van der Waals surface area contributed by atoms with E-state index in [-0.39, 0.29) is 36.8 Å². The first-order valence-electron chi connectivity index (χ1n) is 21.9. The Morgan fingerprint density at radius 2 is 1.06 bits per heavy atom. The van der Waals surface area contributed by atoms with Crippen LogP contribution in [0.3, 0.4) is 0 Å². The summed E-state index contributed by atoms with van der Waals surface area (Å²) in [5, 5.41) is 0. The Morgan fingerprint density at radius 3 is 1.58 bits per heavy atom. The molecule has 9 nitrogen and oxygen atoms in total. The molecule has 0 aliphatic carbocycles. The third kappa shape index (κ3) is 11.4. The van der Waals surface area contributed by atoms with Crippen molar-refractivity contribution in [2.45, 2.75) is 82.3 Å². The fraction of sp³-hybridized carbons (Fsp3) is 0.296. The molecular formula is C54H54FNO8. The highest BCUT2D eigenvalue weighted by molar-refractivity contribution is 6.03. The van der Waals surface area contributed by atoms with Crippen LogP contribution in [0.25, 0.3) is 0 Å². The van der Waals surface area contributed by atoms with Crippen LogP contribution in [-0.2, 0) is 70.9 Å². The van der Waals surface area contributed by atoms with E-state index < -0.39 is 36.4 Å². The minimum atomic E-state index is -0.561. The Bertz CT molecular complexity index is 2350. The van der Waals surface area contributed by atoms with Crippen LogP contribution >= 0.6 is 0 Å². The zero-order valence-electron chi connectivity index (χ0n) is 36.0. The van der Waals surface area contributed by atoms with Gasteiger partial charge in [0, 0.05) is 18.5 Å². The molecule has 64 heavy (non-hydrogen) atoms. The fourth-order valence-electron chi connectivity index (χ4n) is 8.61. The molecule has 0 unspecified atom stereocenters. The molecule has 2 fully saturated rings. The summed E-state index contributed by atoms with van der Waals surface area (Å²) < 4.78 is 53.1. The molecular weight excluding hydrogens is 810 g/mol. The average Bonchev–Trinajstić information content (AvgIpc) is 3.34. The van der Waals surface area contributed by atoms with Gasteiger partial charge in [0.1, 0.15) is 30.2 Å². The molecule has 2 heterocycles. The van der Waals surface area contributed by atoms with Crippen molar-refractivity contribution in [1.82, 2.24) is 0 Å². The van der Waals surface area contributed by atoms with E-state index in [1.54, 1.807) is 17.0 Å². The Labute approximate surface area is 374 Å². The van der Waals surface area contributed by atoms with Gasteiger partial charge in [-0.25, -0.2) is 4.39 Å². The SMILES string of the molecule is COC(=O)CC[C@H]1C(=O)N(c2ccc(F)cc2)[C@@H]1c1ccc(C[C@@H]2O[C@H](COCc3ccccc3)[C@@H](OCc3ccccc3)[C@H](OCc3ccccc3)[C@H]2OCc2ccccc2)cc1. The highest BCUT2D eigenvalue weighted by atomic mass is 19.1. The lowest BCUT2D eigenvalue weighted by Crippen LogP contribution is -2.61. The Hall–Kier alpha value is -6.01. The molecule has 0 bridgehead atoms. The largest absolute Gasteiger partial charge is 0.469 e. The van der Waals surface area contributed by atoms with Crippen molar-refractivity contribution >= 4 is 17.6 Å². The predicted molar refractivity (Wildman–Crippen MR) is 241 cm³/mol. The van der Waals surface area contributed by atoms with E-state index in [9.17, 15) is 14.0 Å². The van der Waals surface area contributed by atoms with Crippen molar-refractivity contribution in [3.8, 4) is 0 Å². The van der Waals surface area contributed by atoms with E-state index in [1.165, 1.54) is 19.2 Å². The number of hydrogen-bond donors (Lipinski definition) is 0. The van der Waals surface area contributed by atoms with Crippen molar-refractivity contribution in [3.05, 3.63) is 209 Å². The topological polar surface area (TPSA) is 92.8 Å². The number of rotatable bonds is 20. The van der Waals surface area contributed by atoms with Crippen molar-refractivity contribution < 1.29 is 42.4 Å². The number of anilines is 1. The summed E-state index contributed by atoms with van der Waals surface area (Å²) in [5.74, 6) is -1.33. The quantitative estimate of drug-likeness (QED) is 0.0554. The zero-order valence-corrected chi connectivity index (χ0v) is 36.0. The van der Waals surface area contributed by atoms with Crippen LogP contribution in [-0.4, -0.2) is 56.1 Å². The summed E-state index contributed by atoms with van der Waals surface area (Å²) in [4.78, 5) is 27.4. The molecule has 2 saturated heterocycles. The number of ether oxygens (including phenoxy) is 6. The van der Waals surface area contributed by atoms with Gasteiger partial charge < -0.3 is 33.3 Å². The second-order valence-corrected chi connectivity index (χ2v) is 16.3. The molecule has 0 spiro atoms. The van der Waals surface area contributed by atoms with E-state index in [1.807, 2.05) is 133 Å². The minimum absolute atomic E-state index is 0.113. The smallest absolute Gasteiger partial charge is 0.305 e. The van der Waals surface area contributed by atoms with Gasteiger partial charge in [-0.05, 0) is 64.1 Å². The summed E-state index contributed by atoms with van der Waals surface area (Å²) in [7, 11) is 1.34. The normalized spacial score (nSPS) is 21.9. The molecule has 2 aliphatic rings. The standard InChI is InChI=1S/C54H54FNO8/c1-59-49(57)31-30-46-50(56(54(46)58)45-28-26-44(55)27-29-45)43-24-22-38(23-25-43)32-47-51(61-34-40-16-8-3-9-17-40)53(63-36-42-20-12-5-13-21-42)52(62-35-41-18-10-4-11-19-41)48(64-47)37-60-33-39-14-6-2-7-15-39/h2-29,46-48,50-53H,30-37H2,1H3/t46-,47+,48-,50-,51+,52-,53-/m1/s1. The number of esters is 1. The number of nitrogens with zero attached hydrogens (tertiary/aromatic N) is 1. The third-order valence-electron chi connectivity index (χ3n) is 11.9. The highest BCUT2D eigenvalue weighted by Crippen LogP contribution is 2.46. The van der Waals surface area contributed by atoms with Gasteiger partial charge >= 0.3 is 5.97 Å². The lowest BCUT2D eigenvalue weighted by molar-refractivity contribution is -0.272. The molecule has 1 amide bonds. The van der Waals surface area contributed by atoms with Crippen LogP contribution in [0.1, 0.15) is 52.3 Å². The van der Waals surface area contributed by atoms with Gasteiger partial charge in [-0.2, -0.15) is 0 Å². The number of carbonyl (C=O) groups excluding carboxylic acids is 2. The van der Waals surface area contributed by atoms with Crippen molar-refractivity contribution in [2.75, 3.05) is 18.6 Å². The van der Waals surface area contributed by atoms with E-state index in [4.69, 9.17) is 28.4 Å². The van der Waals surface area contributed by atoms with Gasteiger partial charge in [-0.3, -0.25) is 9.59 Å². The second kappa shape index (κ2) is 22.1. The minimum Gasteiger partial charge on any atom is -0.469 e. The van der Waals surface area contributed by atoms with Crippen LogP contribution in [0, 0.1) is 11.7 Å². The van der Waals surface area contributed by atoms with E-state index in [0.29, 0.717) is 45.0 Å². The number of methoxy groups -OCH3 is 1. The Balaban J connectivity index is 1.10. The van der Waals surface area contributed by atoms with Crippen LogP contribution in [0.2, 0.25) is 0 Å². The molecule has 8 rings (SSSR count). The van der Waals surface area contributed by atoms with Gasteiger partial charge in [0.25, 0.3) is 0 Å². The number of hydrogen-bond acceptors (Lipinski definition) is 8. The Kier molecular flexibility index (Phi) is 15.4. The maximum atomic E-state index is 13.9. The van der Waals surface area contributed by atoms with E-state index in [0.717, 1.165) is 33.4 Å². The first-order valence-corrected chi connectivity index (χ1v) is 21.9. The van der Waals surface area contributed by atoms with E-state index >= 15 is 0 Å². The average molecular weight is 864 g/mol. The summed E-state index contributed by atoms with van der Waals surface area (Å²) in [5.41, 5.74) is 6.60. The van der Waals surface area contributed by atoms with Crippen molar-refractivity contribution in [1.29, 1.82) is 0 Å². The van der Waals surface area contributed by atoms with Crippen LogP contribution in [0.15, 0.2) is 170 Å². The molecule has 0 saturated carbocycles. The zero-order chi connectivity index (χ0) is 44.1. The molecule has 0 aromatic heterocycles. The molecule has 2 aliphatic heterocycles. The third-order valence-corrected chi connectivity index (χ3v) is 11.9. The molecule has 7 atom stereocenters. The number of benzene rings is 6. The van der Waals surface area contributed by atoms with Gasteiger partial charge in [-0.1, -0.05) is 146 Å². The predicted octanol–water partition coefficient (Wildman–Crippen LogP) is 9.77. The molecule has 330 valence electrons. The maximum Gasteiger partial charge on any atom is 0.305 e. The fourth-order valence-corrected chi connectivity index (χ4v) is 8.61. The number of halogens is 1. The van der Waals surface area contributed by atoms with Gasteiger partial charge in [0.15, 0.2) is 0 Å². The summed E-state index contributed by atoms with van der Waals surface area (Å²) in [6.45, 7) is 1.66.